The molecule has 1 unspecified atom stereocenters. The zero-order valence-electron chi connectivity index (χ0n) is 17.0. The van der Waals surface area contributed by atoms with E-state index in [0.29, 0.717) is 36.9 Å². The summed E-state index contributed by atoms with van der Waals surface area (Å²) >= 11 is 0. The van der Waals surface area contributed by atoms with E-state index >= 15 is 0 Å². The number of benzene rings is 2. The maximum atomic E-state index is 13.1. The fraction of sp³-hybridized carbons (Fsp3) is 0.348. The summed E-state index contributed by atoms with van der Waals surface area (Å²) < 4.78 is 18.5. The van der Waals surface area contributed by atoms with Crippen molar-refractivity contribution < 1.29 is 13.7 Å². The van der Waals surface area contributed by atoms with E-state index in [9.17, 15) is 9.18 Å². The molecule has 0 bridgehead atoms. The van der Waals surface area contributed by atoms with Crippen molar-refractivity contribution in [3.63, 3.8) is 0 Å². The van der Waals surface area contributed by atoms with Crippen molar-refractivity contribution in [2.24, 2.45) is 5.92 Å². The highest BCUT2D eigenvalue weighted by Gasteiger charge is 2.26. The van der Waals surface area contributed by atoms with E-state index in [0.717, 1.165) is 24.9 Å². The van der Waals surface area contributed by atoms with Gasteiger partial charge in [0.15, 0.2) is 0 Å². The molecule has 4 rings (SSSR count). The minimum Gasteiger partial charge on any atom is -0.352 e. The molecule has 1 amide bonds. The Kier molecular flexibility index (Phi) is 6.18. The van der Waals surface area contributed by atoms with Crippen LogP contribution in [0.4, 0.5) is 4.39 Å². The first-order valence-electron chi connectivity index (χ1n) is 10.2. The average Bonchev–Trinajstić information content (AvgIpc) is 3.22. The highest BCUT2D eigenvalue weighted by Crippen LogP contribution is 2.21. The lowest BCUT2D eigenvalue weighted by Gasteiger charge is -2.30. The highest BCUT2D eigenvalue weighted by atomic mass is 19.1. The first-order chi connectivity index (χ1) is 14.6. The fourth-order valence-electron chi connectivity index (χ4n) is 3.77. The van der Waals surface area contributed by atoms with Crippen LogP contribution in [-0.2, 0) is 17.9 Å². The summed E-state index contributed by atoms with van der Waals surface area (Å²) in [6.07, 6.45) is 1.82. The molecule has 1 fully saturated rings. The third-order valence-corrected chi connectivity index (χ3v) is 5.52. The Balaban J connectivity index is 1.32. The molecule has 156 valence electrons. The molecule has 0 aliphatic carbocycles. The molecule has 1 saturated heterocycles. The zero-order chi connectivity index (χ0) is 20.9. The molecule has 30 heavy (non-hydrogen) atoms. The molecular formula is C23H25FN4O2. The summed E-state index contributed by atoms with van der Waals surface area (Å²) in [6, 6.07) is 14.1. The van der Waals surface area contributed by atoms with Crippen LogP contribution in [0.1, 0.15) is 29.9 Å². The third kappa shape index (κ3) is 4.91. The van der Waals surface area contributed by atoms with Crippen LogP contribution in [-0.4, -0.2) is 34.0 Å². The normalized spacial score (nSPS) is 17.1. The summed E-state index contributed by atoms with van der Waals surface area (Å²) in [6.45, 7) is 4.64. The monoisotopic (exact) mass is 408 g/mol. The summed E-state index contributed by atoms with van der Waals surface area (Å²) in [7, 11) is 0. The van der Waals surface area contributed by atoms with E-state index in [4.69, 9.17) is 4.52 Å². The SMILES string of the molecule is Cc1ccccc1CNC(=O)C1CCCN(Cc2nc(-c3ccc(F)cc3)no2)C1. The van der Waals surface area contributed by atoms with Crippen LogP contribution in [0, 0.1) is 18.7 Å². The van der Waals surface area contributed by atoms with E-state index in [-0.39, 0.29) is 17.6 Å². The summed E-state index contributed by atoms with van der Waals surface area (Å²) in [4.78, 5) is 19.3. The van der Waals surface area contributed by atoms with Gasteiger partial charge in [0, 0.05) is 18.7 Å². The van der Waals surface area contributed by atoms with Crippen molar-refractivity contribution in [1.82, 2.24) is 20.4 Å². The Labute approximate surface area is 175 Å². The number of aryl methyl sites for hydroxylation is 1. The van der Waals surface area contributed by atoms with Crippen LogP contribution in [0.15, 0.2) is 53.1 Å². The number of aromatic nitrogens is 2. The molecule has 2 heterocycles. The van der Waals surface area contributed by atoms with Gasteiger partial charge in [-0.2, -0.15) is 4.98 Å². The minimum atomic E-state index is -0.303. The maximum absolute atomic E-state index is 13.1. The van der Waals surface area contributed by atoms with Gasteiger partial charge >= 0.3 is 0 Å². The Morgan fingerprint density at radius 1 is 1.23 bits per heavy atom. The van der Waals surface area contributed by atoms with Crippen LogP contribution in [0.2, 0.25) is 0 Å². The smallest absolute Gasteiger partial charge is 0.241 e. The Morgan fingerprint density at radius 3 is 2.83 bits per heavy atom. The third-order valence-electron chi connectivity index (χ3n) is 5.52. The number of rotatable bonds is 6. The number of carbonyl (C=O) groups excluding carboxylic acids is 1. The second-order valence-electron chi connectivity index (χ2n) is 7.74. The van der Waals surface area contributed by atoms with Gasteiger partial charge in [-0.05, 0) is 61.7 Å². The first kappa shape index (κ1) is 20.2. The lowest BCUT2D eigenvalue weighted by Crippen LogP contribution is -2.42. The second kappa shape index (κ2) is 9.17. The van der Waals surface area contributed by atoms with Crippen molar-refractivity contribution in [2.45, 2.75) is 32.9 Å². The number of piperidine rings is 1. The number of carbonyl (C=O) groups is 1. The number of halogens is 1. The second-order valence-corrected chi connectivity index (χ2v) is 7.74. The molecule has 1 aliphatic heterocycles. The van der Waals surface area contributed by atoms with Gasteiger partial charge in [-0.3, -0.25) is 9.69 Å². The van der Waals surface area contributed by atoms with E-state index in [1.807, 2.05) is 18.2 Å². The summed E-state index contributed by atoms with van der Waals surface area (Å²) in [5, 5.41) is 7.07. The van der Waals surface area contributed by atoms with Gasteiger partial charge in [0.05, 0.1) is 12.5 Å². The van der Waals surface area contributed by atoms with Crippen LogP contribution in [0.3, 0.4) is 0 Å². The minimum absolute atomic E-state index is 0.0535. The molecule has 1 N–H and O–H groups in total. The molecule has 7 heteroatoms. The molecule has 1 atom stereocenters. The predicted molar refractivity (Wildman–Crippen MR) is 111 cm³/mol. The lowest BCUT2D eigenvalue weighted by molar-refractivity contribution is -0.127. The molecule has 0 spiro atoms. The molecule has 0 radical (unpaired) electrons. The lowest BCUT2D eigenvalue weighted by atomic mass is 9.97. The van der Waals surface area contributed by atoms with Crippen LogP contribution >= 0.6 is 0 Å². The number of hydrogen-bond acceptors (Lipinski definition) is 5. The summed E-state index contributed by atoms with van der Waals surface area (Å²) in [5.74, 6) is 0.662. The van der Waals surface area contributed by atoms with Crippen molar-refractivity contribution in [3.05, 3.63) is 71.4 Å². The number of nitrogens with zero attached hydrogens (tertiary/aromatic N) is 3. The quantitative estimate of drug-likeness (QED) is 0.673. The fourth-order valence-corrected chi connectivity index (χ4v) is 3.77. The maximum Gasteiger partial charge on any atom is 0.241 e. The number of hydrogen-bond donors (Lipinski definition) is 1. The Bertz CT molecular complexity index is 1000. The van der Waals surface area contributed by atoms with Crippen molar-refractivity contribution in [2.75, 3.05) is 13.1 Å². The van der Waals surface area contributed by atoms with Gasteiger partial charge in [0.1, 0.15) is 5.82 Å². The Hall–Kier alpha value is -3.06. The van der Waals surface area contributed by atoms with Gasteiger partial charge < -0.3 is 9.84 Å². The number of likely N-dealkylation sites (tertiary alicyclic amines) is 1. The van der Waals surface area contributed by atoms with E-state index < -0.39 is 0 Å². The molecule has 1 aliphatic rings. The number of amides is 1. The van der Waals surface area contributed by atoms with Crippen LogP contribution < -0.4 is 5.32 Å². The van der Waals surface area contributed by atoms with Gasteiger partial charge in [-0.25, -0.2) is 4.39 Å². The average molecular weight is 408 g/mol. The van der Waals surface area contributed by atoms with Crippen molar-refractivity contribution in [3.8, 4) is 11.4 Å². The van der Waals surface area contributed by atoms with Gasteiger partial charge in [-0.1, -0.05) is 29.4 Å². The molecule has 0 saturated carbocycles. The Morgan fingerprint density at radius 2 is 2.03 bits per heavy atom. The predicted octanol–water partition coefficient (Wildman–Crippen LogP) is 3.71. The largest absolute Gasteiger partial charge is 0.352 e. The molecule has 2 aromatic carbocycles. The summed E-state index contributed by atoms with van der Waals surface area (Å²) in [5.41, 5.74) is 3.02. The van der Waals surface area contributed by atoms with Crippen LogP contribution in [0.25, 0.3) is 11.4 Å². The topological polar surface area (TPSA) is 71.3 Å². The molecule has 3 aromatic rings. The van der Waals surface area contributed by atoms with E-state index in [1.54, 1.807) is 12.1 Å². The van der Waals surface area contributed by atoms with Crippen molar-refractivity contribution in [1.29, 1.82) is 0 Å². The molecule has 6 nitrogen and oxygen atoms in total. The zero-order valence-corrected chi connectivity index (χ0v) is 17.0. The van der Waals surface area contributed by atoms with E-state index in [1.165, 1.54) is 17.7 Å². The van der Waals surface area contributed by atoms with Crippen LogP contribution in [0.5, 0.6) is 0 Å². The standard InChI is InChI=1S/C23H25FN4O2/c1-16-5-2-3-6-18(16)13-25-23(29)19-7-4-12-28(14-19)15-21-26-22(27-30-21)17-8-10-20(24)11-9-17/h2-3,5-6,8-11,19H,4,7,12-15H2,1H3,(H,25,29). The van der Waals surface area contributed by atoms with Crippen molar-refractivity contribution >= 4 is 5.91 Å². The van der Waals surface area contributed by atoms with E-state index in [2.05, 4.69) is 33.3 Å². The van der Waals surface area contributed by atoms with Gasteiger partial charge in [0.25, 0.3) is 0 Å². The highest BCUT2D eigenvalue weighted by molar-refractivity contribution is 5.79. The first-order valence-corrected chi connectivity index (χ1v) is 10.2. The molecular weight excluding hydrogens is 383 g/mol. The van der Waals surface area contributed by atoms with Gasteiger partial charge in [0.2, 0.25) is 17.6 Å². The number of nitrogens with one attached hydrogen (secondary N) is 1. The van der Waals surface area contributed by atoms with Gasteiger partial charge in [-0.15, -0.1) is 0 Å². The molecule has 1 aromatic heterocycles.